The minimum Gasteiger partial charge on any atom is -0.493 e. The van der Waals surface area contributed by atoms with Crippen LogP contribution in [0.15, 0.2) is 47.4 Å². The summed E-state index contributed by atoms with van der Waals surface area (Å²) in [5, 5.41) is 0. The van der Waals surface area contributed by atoms with Crippen LogP contribution in [-0.4, -0.2) is 28.6 Å². The first kappa shape index (κ1) is 19.4. The van der Waals surface area contributed by atoms with Crippen molar-refractivity contribution in [3.8, 4) is 11.5 Å². The van der Waals surface area contributed by atoms with Crippen LogP contribution in [0.1, 0.15) is 5.56 Å². The lowest BCUT2D eigenvalue weighted by Crippen LogP contribution is -2.12. The summed E-state index contributed by atoms with van der Waals surface area (Å²) in [6.07, 6.45) is 2.58. The lowest BCUT2D eigenvalue weighted by Gasteiger charge is -2.12. The number of ether oxygens (including phenoxy) is 2. The van der Waals surface area contributed by atoms with Crippen LogP contribution in [-0.2, 0) is 19.6 Å². The van der Waals surface area contributed by atoms with Gasteiger partial charge in [-0.2, -0.15) is 8.42 Å². The van der Waals surface area contributed by atoms with Crippen LogP contribution in [0.2, 0.25) is 0 Å². The normalized spacial score (nSPS) is 11.4. The molecule has 0 bridgehead atoms. The molecule has 26 heavy (non-hydrogen) atoms. The standard InChI is InChI=1S/C17H14F2O6S/c1-23-15-9-11(4-8-17(20)24-2)3-7-14(15)25-26(21,22)16-10-12(18)5-6-13(16)19/h3-10H,1-2H3. The molecule has 138 valence electrons. The van der Waals surface area contributed by atoms with Gasteiger partial charge in [0.05, 0.1) is 14.2 Å². The van der Waals surface area contributed by atoms with E-state index >= 15 is 0 Å². The van der Waals surface area contributed by atoms with Crippen molar-refractivity contribution in [1.82, 2.24) is 0 Å². The van der Waals surface area contributed by atoms with Crippen molar-refractivity contribution < 1.29 is 35.6 Å². The van der Waals surface area contributed by atoms with E-state index in [1.807, 2.05) is 0 Å². The Labute approximate surface area is 148 Å². The van der Waals surface area contributed by atoms with Crippen LogP contribution in [0.25, 0.3) is 6.08 Å². The van der Waals surface area contributed by atoms with Crippen molar-refractivity contribution in [1.29, 1.82) is 0 Å². The van der Waals surface area contributed by atoms with Crippen LogP contribution >= 0.6 is 0 Å². The molecular weight excluding hydrogens is 370 g/mol. The van der Waals surface area contributed by atoms with Crippen molar-refractivity contribution in [3.05, 3.63) is 59.7 Å². The van der Waals surface area contributed by atoms with E-state index in [1.54, 1.807) is 0 Å². The van der Waals surface area contributed by atoms with Crippen LogP contribution < -0.4 is 8.92 Å². The Morgan fingerprint density at radius 1 is 1.04 bits per heavy atom. The van der Waals surface area contributed by atoms with Gasteiger partial charge in [0, 0.05) is 6.08 Å². The van der Waals surface area contributed by atoms with Crippen molar-refractivity contribution >= 4 is 22.2 Å². The molecule has 0 aliphatic rings. The Morgan fingerprint density at radius 3 is 2.42 bits per heavy atom. The van der Waals surface area contributed by atoms with Gasteiger partial charge >= 0.3 is 16.1 Å². The second-order valence-electron chi connectivity index (χ2n) is 4.88. The Balaban J connectivity index is 2.35. The summed E-state index contributed by atoms with van der Waals surface area (Å²) >= 11 is 0. The summed E-state index contributed by atoms with van der Waals surface area (Å²) in [5.74, 6) is -2.87. The first-order valence-electron chi connectivity index (χ1n) is 7.10. The fourth-order valence-corrected chi connectivity index (χ4v) is 2.95. The summed E-state index contributed by atoms with van der Waals surface area (Å²) in [6, 6.07) is 6.08. The van der Waals surface area contributed by atoms with Crippen molar-refractivity contribution in [2.24, 2.45) is 0 Å². The summed E-state index contributed by atoms with van der Waals surface area (Å²) in [6.45, 7) is 0. The van der Waals surface area contributed by atoms with E-state index in [2.05, 4.69) is 4.74 Å². The van der Waals surface area contributed by atoms with Gasteiger partial charge in [-0.05, 0) is 42.0 Å². The van der Waals surface area contributed by atoms with E-state index in [4.69, 9.17) is 8.92 Å². The average Bonchev–Trinajstić information content (AvgIpc) is 2.62. The third-order valence-electron chi connectivity index (χ3n) is 3.16. The SMILES string of the molecule is COC(=O)C=Cc1ccc(OS(=O)(=O)c2cc(F)ccc2F)c(OC)c1. The number of methoxy groups -OCH3 is 2. The molecule has 2 aromatic carbocycles. The largest absolute Gasteiger partial charge is 0.493 e. The van der Waals surface area contributed by atoms with Crippen molar-refractivity contribution in [2.75, 3.05) is 14.2 Å². The van der Waals surface area contributed by atoms with Gasteiger partial charge in [-0.3, -0.25) is 0 Å². The molecule has 0 unspecified atom stereocenters. The second kappa shape index (κ2) is 7.96. The zero-order valence-electron chi connectivity index (χ0n) is 13.7. The van der Waals surface area contributed by atoms with E-state index in [0.29, 0.717) is 17.7 Å². The van der Waals surface area contributed by atoms with Gasteiger partial charge in [0.25, 0.3) is 0 Å². The second-order valence-corrected chi connectivity index (χ2v) is 6.39. The molecule has 2 aromatic rings. The number of benzene rings is 2. The minimum absolute atomic E-state index is 0.0115. The molecule has 9 heteroatoms. The highest BCUT2D eigenvalue weighted by molar-refractivity contribution is 7.87. The summed E-state index contributed by atoms with van der Waals surface area (Å²) in [7, 11) is -2.14. The quantitative estimate of drug-likeness (QED) is 0.433. The van der Waals surface area contributed by atoms with Crippen LogP contribution in [0, 0.1) is 11.6 Å². The smallest absolute Gasteiger partial charge is 0.342 e. The first-order chi connectivity index (χ1) is 12.3. The van der Waals surface area contributed by atoms with E-state index in [1.165, 1.54) is 38.5 Å². The number of carbonyl (C=O) groups excluding carboxylic acids is 1. The minimum atomic E-state index is -4.63. The van der Waals surface area contributed by atoms with E-state index in [-0.39, 0.29) is 11.5 Å². The number of rotatable bonds is 6. The predicted octanol–water partition coefficient (Wildman–Crippen LogP) is 2.93. The molecule has 0 aliphatic heterocycles. The topological polar surface area (TPSA) is 78.9 Å². The molecule has 0 saturated carbocycles. The molecule has 0 heterocycles. The van der Waals surface area contributed by atoms with Gasteiger partial charge in [-0.1, -0.05) is 6.07 Å². The fourth-order valence-electron chi connectivity index (χ4n) is 1.92. The molecule has 0 atom stereocenters. The zero-order chi connectivity index (χ0) is 19.3. The average molecular weight is 384 g/mol. The number of hydrogen-bond acceptors (Lipinski definition) is 6. The lowest BCUT2D eigenvalue weighted by atomic mass is 10.2. The third-order valence-corrected chi connectivity index (χ3v) is 4.41. The fraction of sp³-hybridized carbons (Fsp3) is 0.118. The Morgan fingerprint density at radius 2 is 1.77 bits per heavy atom. The molecule has 6 nitrogen and oxygen atoms in total. The highest BCUT2D eigenvalue weighted by Gasteiger charge is 2.24. The molecule has 0 spiro atoms. The van der Waals surface area contributed by atoms with Gasteiger partial charge in [0.1, 0.15) is 16.5 Å². The van der Waals surface area contributed by atoms with Crippen molar-refractivity contribution in [3.63, 3.8) is 0 Å². The number of halogens is 2. The third kappa shape index (κ3) is 4.57. The van der Waals surface area contributed by atoms with Gasteiger partial charge in [0.15, 0.2) is 11.5 Å². The highest BCUT2D eigenvalue weighted by Crippen LogP contribution is 2.31. The maximum atomic E-state index is 13.7. The van der Waals surface area contributed by atoms with Gasteiger partial charge < -0.3 is 13.7 Å². The number of esters is 1. The highest BCUT2D eigenvalue weighted by atomic mass is 32.2. The molecule has 0 aromatic heterocycles. The van der Waals surface area contributed by atoms with Gasteiger partial charge in [-0.25, -0.2) is 13.6 Å². The van der Waals surface area contributed by atoms with E-state index < -0.39 is 32.6 Å². The first-order valence-corrected chi connectivity index (χ1v) is 8.51. The summed E-state index contributed by atoms with van der Waals surface area (Å²) < 4.78 is 65.8. The predicted molar refractivity (Wildman–Crippen MR) is 88.2 cm³/mol. The summed E-state index contributed by atoms with van der Waals surface area (Å²) in [4.78, 5) is 10.2. The maximum Gasteiger partial charge on any atom is 0.342 e. The van der Waals surface area contributed by atoms with E-state index in [9.17, 15) is 22.0 Å². The molecule has 0 radical (unpaired) electrons. The Kier molecular flexibility index (Phi) is 5.93. The Bertz CT molecular complexity index is 954. The molecule has 2 rings (SSSR count). The van der Waals surface area contributed by atoms with E-state index in [0.717, 1.165) is 12.1 Å². The van der Waals surface area contributed by atoms with Crippen molar-refractivity contribution in [2.45, 2.75) is 4.90 Å². The lowest BCUT2D eigenvalue weighted by molar-refractivity contribution is -0.134. The molecule has 0 aliphatic carbocycles. The maximum absolute atomic E-state index is 13.7. The number of hydrogen-bond donors (Lipinski definition) is 0. The number of carbonyl (C=O) groups is 1. The van der Waals surface area contributed by atoms with Crippen LogP contribution in [0.4, 0.5) is 8.78 Å². The molecule has 0 fully saturated rings. The molecular formula is C17H14F2O6S. The van der Waals surface area contributed by atoms with Gasteiger partial charge in [-0.15, -0.1) is 0 Å². The zero-order valence-corrected chi connectivity index (χ0v) is 14.5. The van der Waals surface area contributed by atoms with Gasteiger partial charge in [0.2, 0.25) is 0 Å². The molecule has 0 amide bonds. The summed E-state index contributed by atoms with van der Waals surface area (Å²) in [5.41, 5.74) is 0.494. The van der Waals surface area contributed by atoms with Crippen LogP contribution in [0.3, 0.4) is 0 Å². The monoisotopic (exact) mass is 384 g/mol. The molecule has 0 N–H and O–H groups in total. The molecule has 0 saturated heterocycles. The van der Waals surface area contributed by atoms with Crippen LogP contribution in [0.5, 0.6) is 11.5 Å². The Hall–Kier alpha value is -2.94.